The molecule has 96 valence electrons. The van der Waals surface area contributed by atoms with Crippen LogP contribution >= 0.6 is 0 Å². The molecule has 0 amide bonds. The van der Waals surface area contributed by atoms with E-state index in [1.807, 2.05) is 0 Å². The molecule has 9 nitrogen and oxygen atoms in total. The number of aromatic carboxylic acids is 1. The molecule has 0 aliphatic rings. The Balaban J connectivity index is 2.33. The van der Waals surface area contributed by atoms with Gasteiger partial charge in [0.05, 0.1) is 12.3 Å². The molecule has 0 fully saturated rings. The molecule has 0 unspecified atom stereocenters. The van der Waals surface area contributed by atoms with Gasteiger partial charge in [-0.1, -0.05) is 5.21 Å². The number of hydrogen-bond acceptors (Lipinski definition) is 6. The van der Waals surface area contributed by atoms with Crippen molar-refractivity contribution in [1.82, 2.24) is 29.8 Å². The van der Waals surface area contributed by atoms with Crippen molar-refractivity contribution < 1.29 is 14.6 Å². The van der Waals surface area contributed by atoms with Crippen molar-refractivity contribution in [2.45, 2.75) is 13.2 Å². The summed E-state index contributed by atoms with van der Waals surface area (Å²) >= 11 is 0. The van der Waals surface area contributed by atoms with Gasteiger partial charge in [0, 0.05) is 14.2 Å². The lowest BCUT2D eigenvalue weighted by atomic mass is 10.3. The molecule has 0 spiro atoms. The van der Waals surface area contributed by atoms with E-state index in [1.54, 1.807) is 11.7 Å². The highest BCUT2D eigenvalue weighted by Crippen LogP contribution is 2.08. The molecule has 2 rings (SSSR count). The number of carboxylic acid groups (broad SMARTS) is 1. The van der Waals surface area contributed by atoms with Gasteiger partial charge in [-0.25, -0.2) is 14.5 Å². The summed E-state index contributed by atoms with van der Waals surface area (Å²) in [4.78, 5) is 15.0. The smallest absolute Gasteiger partial charge is 0.358 e. The minimum absolute atomic E-state index is 0.112. The van der Waals surface area contributed by atoms with Gasteiger partial charge in [0.1, 0.15) is 18.7 Å². The first-order valence-electron chi connectivity index (χ1n) is 5.11. The van der Waals surface area contributed by atoms with Crippen molar-refractivity contribution in [3.05, 3.63) is 23.5 Å². The molecule has 9 heteroatoms. The molecule has 0 aliphatic heterocycles. The summed E-state index contributed by atoms with van der Waals surface area (Å²) in [5, 5.41) is 20.3. The first-order valence-corrected chi connectivity index (χ1v) is 5.11. The third-order valence-electron chi connectivity index (χ3n) is 2.42. The molecule has 0 bridgehead atoms. The number of nitrogens with zero attached hydrogens (tertiary/aromatic N) is 6. The lowest BCUT2D eigenvalue weighted by molar-refractivity contribution is 0.0684. The molecule has 0 saturated heterocycles. The average Bonchev–Trinajstić information content (AvgIpc) is 2.89. The van der Waals surface area contributed by atoms with Crippen LogP contribution in [0.2, 0.25) is 0 Å². The standard InChI is InChI=1S/C9H12N6O3/c1-14-7(10-5-11-14)3-15-6(4-18-2)8(9(16)17)12-13-15/h5H,3-4H2,1-2H3,(H,16,17). The second-order valence-electron chi connectivity index (χ2n) is 3.58. The van der Waals surface area contributed by atoms with Gasteiger partial charge >= 0.3 is 5.97 Å². The van der Waals surface area contributed by atoms with Crippen LogP contribution in [0.1, 0.15) is 22.0 Å². The monoisotopic (exact) mass is 252 g/mol. The fraction of sp³-hybridized carbons (Fsp3) is 0.444. The predicted molar refractivity (Wildman–Crippen MR) is 57.8 cm³/mol. The van der Waals surface area contributed by atoms with E-state index in [1.165, 1.54) is 18.1 Å². The maximum absolute atomic E-state index is 11.0. The van der Waals surface area contributed by atoms with Crippen LogP contribution in [0.15, 0.2) is 6.33 Å². The van der Waals surface area contributed by atoms with Crippen LogP contribution in [0.3, 0.4) is 0 Å². The van der Waals surface area contributed by atoms with Gasteiger partial charge in [-0.05, 0) is 0 Å². The minimum Gasteiger partial charge on any atom is -0.476 e. The topological polar surface area (TPSA) is 108 Å². The largest absolute Gasteiger partial charge is 0.476 e. The van der Waals surface area contributed by atoms with Gasteiger partial charge < -0.3 is 9.84 Å². The average molecular weight is 252 g/mol. The number of aryl methyl sites for hydroxylation is 1. The number of aromatic nitrogens is 6. The van der Waals surface area contributed by atoms with E-state index in [4.69, 9.17) is 9.84 Å². The Bertz CT molecular complexity index is 560. The molecule has 0 aliphatic carbocycles. The summed E-state index contributed by atoms with van der Waals surface area (Å²) in [6.07, 6.45) is 1.42. The maximum Gasteiger partial charge on any atom is 0.358 e. The number of rotatable bonds is 5. The molecule has 2 heterocycles. The Hall–Kier alpha value is -2.29. The van der Waals surface area contributed by atoms with Crippen LogP contribution in [-0.2, 0) is 24.9 Å². The third kappa shape index (κ3) is 2.20. The van der Waals surface area contributed by atoms with Crippen molar-refractivity contribution in [1.29, 1.82) is 0 Å². The van der Waals surface area contributed by atoms with Crippen molar-refractivity contribution in [3.8, 4) is 0 Å². The molecule has 18 heavy (non-hydrogen) atoms. The second-order valence-corrected chi connectivity index (χ2v) is 3.58. The van der Waals surface area contributed by atoms with Crippen LogP contribution in [0.25, 0.3) is 0 Å². The zero-order chi connectivity index (χ0) is 13.1. The summed E-state index contributed by atoms with van der Waals surface area (Å²) < 4.78 is 7.98. The van der Waals surface area contributed by atoms with Gasteiger partial charge in [-0.2, -0.15) is 5.10 Å². The molecule has 0 atom stereocenters. The number of ether oxygens (including phenoxy) is 1. The van der Waals surface area contributed by atoms with E-state index in [-0.39, 0.29) is 18.8 Å². The molecular formula is C9H12N6O3. The highest BCUT2D eigenvalue weighted by molar-refractivity contribution is 5.86. The molecule has 1 N–H and O–H groups in total. The van der Waals surface area contributed by atoms with Crippen molar-refractivity contribution in [3.63, 3.8) is 0 Å². The van der Waals surface area contributed by atoms with Crippen molar-refractivity contribution in [2.24, 2.45) is 7.05 Å². The normalized spacial score (nSPS) is 10.8. The molecule has 0 saturated carbocycles. The lowest BCUT2D eigenvalue weighted by Crippen LogP contribution is -2.13. The Labute approximate surface area is 102 Å². The van der Waals surface area contributed by atoms with Gasteiger partial charge in [0.2, 0.25) is 0 Å². The first kappa shape index (κ1) is 12.2. The molecule has 2 aromatic rings. The van der Waals surface area contributed by atoms with Crippen molar-refractivity contribution >= 4 is 5.97 Å². The molecule has 0 aromatic carbocycles. The minimum atomic E-state index is -1.13. The van der Waals surface area contributed by atoms with Crippen molar-refractivity contribution in [2.75, 3.05) is 7.11 Å². The summed E-state index contributed by atoms with van der Waals surface area (Å²) in [5.74, 6) is -0.486. The third-order valence-corrected chi connectivity index (χ3v) is 2.42. The number of carbonyl (C=O) groups is 1. The molecule has 2 aromatic heterocycles. The van der Waals surface area contributed by atoms with Crippen LogP contribution in [0.4, 0.5) is 0 Å². The number of carboxylic acids is 1. The number of methoxy groups -OCH3 is 1. The lowest BCUT2D eigenvalue weighted by Gasteiger charge is -2.05. The first-order chi connectivity index (χ1) is 8.63. The number of hydrogen-bond donors (Lipinski definition) is 1. The summed E-state index contributed by atoms with van der Waals surface area (Å²) in [7, 11) is 3.22. The van der Waals surface area contributed by atoms with Gasteiger partial charge in [-0.3, -0.25) is 4.68 Å². The summed E-state index contributed by atoms with van der Waals surface area (Å²) in [6, 6.07) is 0. The Morgan fingerprint density at radius 2 is 2.33 bits per heavy atom. The predicted octanol–water partition coefficient (Wildman–Crippen LogP) is -0.701. The van der Waals surface area contributed by atoms with Gasteiger partial charge in [0.15, 0.2) is 5.69 Å². The Morgan fingerprint density at radius 1 is 1.56 bits per heavy atom. The van der Waals surface area contributed by atoms with Gasteiger partial charge in [0.25, 0.3) is 0 Å². The van der Waals surface area contributed by atoms with E-state index in [9.17, 15) is 4.79 Å². The zero-order valence-electron chi connectivity index (χ0n) is 9.94. The maximum atomic E-state index is 11.0. The van der Waals surface area contributed by atoms with E-state index >= 15 is 0 Å². The zero-order valence-corrected chi connectivity index (χ0v) is 9.94. The highest BCUT2D eigenvalue weighted by Gasteiger charge is 2.19. The highest BCUT2D eigenvalue weighted by atomic mass is 16.5. The SMILES string of the molecule is COCc1c(C(=O)O)nnn1Cc1ncnn1C. The molecular weight excluding hydrogens is 240 g/mol. The quantitative estimate of drug-likeness (QED) is 0.749. The summed E-state index contributed by atoms with van der Waals surface area (Å²) in [5.41, 5.74) is 0.284. The van der Waals surface area contributed by atoms with Crippen LogP contribution in [0.5, 0.6) is 0 Å². The van der Waals surface area contributed by atoms with Gasteiger partial charge in [-0.15, -0.1) is 5.10 Å². The van der Waals surface area contributed by atoms with E-state index in [0.717, 1.165) is 0 Å². The van der Waals surface area contributed by atoms with Crippen LogP contribution in [-0.4, -0.2) is 47.9 Å². The van der Waals surface area contributed by atoms with Crippen LogP contribution < -0.4 is 0 Å². The fourth-order valence-corrected chi connectivity index (χ4v) is 1.50. The second kappa shape index (κ2) is 4.92. The fourth-order valence-electron chi connectivity index (χ4n) is 1.50. The van der Waals surface area contributed by atoms with Crippen LogP contribution in [0, 0.1) is 0 Å². The van der Waals surface area contributed by atoms with E-state index in [0.29, 0.717) is 11.5 Å². The molecule has 0 radical (unpaired) electrons. The van der Waals surface area contributed by atoms with E-state index in [2.05, 4.69) is 20.4 Å². The Morgan fingerprint density at radius 3 is 2.89 bits per heavy atom. The summed E-state index contributed by atoms with van der Waals surface area (Å²) in [6.45, 7) is 0.405. The van der Waals surface area contributed by atoms with E-state index < -0.39 is 5.97 Å². The Kier molecular flexibility index (Phi) is 3.33.